The monoisotopic (exact) mass is 202 g/mol. The second-order valence-corrected chi connectivity index (χ2v) is 3.45. The van der Waals surface area contributed by atoms with Gasteiger partial charge in [0.05, 0.1) is 13.1 Å². The van der Waals surface area contributed by atoms with Crippen LogP contribution in [0.15, 0.2) is 0 Å². The van der Waals surface area contributed by atoms with Crippen molar-refractivity contribution in [3.8, 4) is 0 Å². The number of ether oxygens (including phenoxy) is 2. The molecule has 0 unspecified atom stereocenters. The van der Waals surface area contributed by atoms with Crippen LogP contribution < -0.4 is 0 Å². The van der Waals surface area contributed by atoms with Gasteiger partial charge in [0.15, 0.2) is 6.29 Å². The third-order valence-electron chi connectivity index (χ3n) is 2.47. The number of rotatable bonds is 4. The Balaban J connectivity index is 2.35. The van der Waals surface area contributed by atoms with Crippen molar-refractivity contribution in [3.63, 3.8) is 0 Å². The molecule has 0 radical (unpaired) electrons. The summed E-state index contributed by atoms with van der Waals surface area (Å²) in [6.07, 6.45) is -0.244. The van der Waals surface area contributed by atoms with Crippen LogP contribution >= 0.6 is 0 Å². The highest BCUT2D eigenvalue weighted by molar-refractivity contribution is 5.78. The Bertz CT molecular complexity index is 194. The van der Waals surface area contributed by atoms with Gasteiger partial charge in [0.25, 0.3) is 0 Å². The zero-order chi connectivity index (χ0) is 10.6. The second-order valence-electron chi connectivity index (χ2n) is 3.45. The third-order valence-corrected chi connectivity index (χ3v) is 2.47. The van der Waals surface area contributed by atoms with E-state index in [1.54, 1.807) is 19.1 Å². The molecule has 5 heteroatoms. The summed E-state index contributed by atoms with van der Waals surface area (Å²) in [5.74, 6) is 0.155. The molecule has 0 aromatic rings. The van der Waals surface area contributed by atoms with Crippen molar-refractivity contribution in [1.82, 2.24) is 9.80 Å². The first-order valence-electron chi connectivity index (χ1n) is 4.69. The number of carbonyl (C=O) groups is 1. The molecule has 0 aromatic heterocycles. The van der Waals surface area contributed by atoms with Gasteiger partial charge in [-0.2, -0.15) is 0 Å². The molecule has 1 fully saturated rings. The van der Waals surface area contributed by atoms with Gasteiger partial charge in [0.1, 0.15) is 0 Å². The average Bonchev–Trinajstić information content (AvgIpc) is 2.19. The van der Waals surface area contributed by atoms with Crippen molar-refractivity contribution >= 4 is 5.91 Å². The zero-order valence-corrected chi connectivity index (χ0v) is 9.02. The standard InChI is InChI=1S/C9H18N2O3/c1-10-4-5-11(6-8(10)12)7-9(13-2)14-3/h9H,4-7H2,1-3H3. The molecule has 1 rings (SSSR count). The number of carbonyl (C=O) groups excluding carboxylic acids is 1. The predicted octanol–water partition coefficient (Wildman–Crippen LogP) is -0.621. The van der Waals surface area contributed by atoms with Gasteiger partial charge in [-0.1, -0.05) is 0 Å². The topological polar surface area (TPSA) is 42.0 Å². The summed E-state index contributed by atoms with van der Waals surface area (Å²) in [5, 5.41) is 0. The van der Waals surface area contributed by atoms with Gasteiger partial charge in [-0.25, -0.2) is 0 Å². The van der Waals surface area contributed by atoms with Crippen molar-refractivity contribution in [3.05, 3.63) is 0 Å². The van der Waals surface area contributed by atoms with Crippen LogP contribution in [-0.4, -0.2) is 69.4 Å². The summed E-state index contributed by atoms with van der Waals surface area (Å²) in [7, 11) is 5.03. The van der Waals surface area contributed by atoms with Crippen LogP contribution in [0.1, 0.15) is 0 Å². The molecule has 1 saturated heterocycles. The summed E-state index contributed by atoms with van der Waals surface area (Å²) >= 11 is 0. The van der Waals surface area contributed by atoms with E-state index in [1.165, 1.54) is 0 Å². The third kappa shape index (κ3) is 2.94. The Labute approximate surface area is 84.6 Å². The Morgan fingerprint density at radius 2 is 2.00 bits per heavy atom. The van der Waals surface area contributed by atoms with Crippen molar-refractivity contribution in [2.24, 2.45) is 0 Å². The highest BCUT2D eigenvalue weighted by Crippen LogP contribution is 2.03. The quantitative estimate of drug-likeness (QED) is 0.570. The van der Waals surface area contributed by atoms with E-state index in [2.05, 4.69) is 0 Å². The van der Waals surface area contributed by atoms with Gasteiger partial charge < -0.3 is 14.4 Å². The van der Waals surface area contributed by atoms with Crippen molar-refractivity contribution < 1.29 is 14.3 Å². The molecule has 1 aliphatic heterocycles. The maximum Gasteiger partial charge on any atom is 0.236 e. The summed E-state index contributed by atoms with van der Waals surface area (Å²) in [6.45, 7) is 2.76. The molecule has 0 N–H and O–H groups in total. The summed E-state index contributed by atoms with van der Waals surface area (Å²) in [6, 6.07) is 0. The molecule has 14 heavy (non-hydrogen) atoms. The average molecular weight is 202 g/mol. The van der Waals surface area contributed by atoms with Gasteiger partial charge in [-0.15, -0.1) is 0 Å². The smallest absolute Gasteiger partial charge is 0.236 e. The van der Waals surface area contributed by atoms with Gasteiger partial charge in [0, 0.05) is 34.4 Å². The normalized spacial score (nSPS) is 19.4. The van der Waals surface area contributed by atoms with Gasteiger partial charge in [-0.3, -0.25) is 9.69 Å². The van der Waals surface area contributed by atoms with E-state index in [1.807, 2.05) is 11.9 Å². The number of nitrogens with zero attached hydrogens (tertiary/aromatic N) is 2. The van der Waals surface area contributed by atoms with Crippen LogP contribution in [0, 0.1) is 0 Å². The summed E-state index contributed by atoms with van der Waals surface area (Å²) in [4.78, 5) is 15.1. The van der Waals surface area contributed by atoms with Crippen LogP contribution in [0.2, 0.25) is 0 Å². The molecule has 82 valence electrons. The minimum absolute atomic E-state index is 0.155. The van der Waals surface area contributed by atoms with Crippen LogP contribution in [0.25, 0.3) is 0 Å². The Kier molecular flexibility index (Phi) is 4.31. The Morgan fingerprint density at radius 3 is 2.50 bits per heavy atom. The van der Waals surface area contributed by atoms with Gasteiger partial charge >= 0.3 is 0 Å². The molecule has 0 aliphatic carbocycles. The second kappa shape index (κ2) is 5.29. The van der Waals surface area contributed by atoms with E-state index in [0.717, 1.165) is 13.1 Å². The van der Waals surface area contributed by atoms with Gasteiger partial charge in [-0.05, 0) is 0 Å². The molecule has 1 heterocycles. The SMILES string of the molecule is COC(CN1CCN(C)C(=O)C1)OC. The predicted molar refractivity (Wildman–Crippen MR) is 51.9 cm³/mol. The van der Waals surface area contributed by atoms with E-state index in [-0.39, 0.29) is 12.2 Å². The highest BCUT2D eigenvalue weighted by atomic mass is 16.7. The van der Waals surface area contributed by atoms with Crippen molar-refractivity contribution in [2.45, 2.75) is 6.29 Å². The number of amides is 1. The van der Waals surface area contributed by atoms with Gasteiger partial charge in [0.2, 0.25) is 5.91 Å². The molecule has 0 aromatic carbocycles. The van der Waals surface area contributed by atoms with E-state index in [0.29, 0.717) is 13.1 Å². The zero-order valence-electron chi connectivity index (χ0n) is 9.02. The first kappa shape index (κ1) is 11.4. The van der Waals surface area contributed by atoms with Crippen molar-refractivity contribution in [2.75, 3.05) is 47.4 Å². The molecular formula is C9H18N2O3. The lowest BCUT2D eigenvalue weighted by Crippen LogP contribution is -2.50. The van der Waals surface area contributed by atoms with Crippen molar-refractivity contribution in [1.29, 1.82) is 0 Å². The van der Waals surface area contributed by atoms with Crippen LogP contribution in [-0.2, 0) is 14.3 Å². The number of methoxy groups -OCH3 is 2. The molecule has 0 atom stereocenters. The summed E-state index contributed by atoms with van der Waals surface area (Å²) < 4.78 is 10.2. The molecule has 0 saturated carbocycles. The Hall–Kier alpha value is -0.650. The van der Waals surface area contributed by atoms with Crippen LogP contribution in [0.3, 0.4) is 0 Å². The maximum atomic E-state index is 11.4. The minimum atomic E-state index is -0.244. The fraction of sp³-hybridized carbons (Fsp3) is 0.889. The fourth-order valence-electron chi connectivity index (χ4n) is 1.42. The molecule has 0 bridgehead atoms. The molecule has 1 aliphatic rings. The molecular weight excluding hydrogens is 184 g/mol. The minimum Gasteiger partial charge on any atom is -0.355 e. The van der Waals surface area contributed by atoms with E-state index >= 15 is 0 Å². The molecule has 5 nitrogen and oxygen atoms in total. The van der Waals surface area contributed by atoms with Crippen LogP contribution in [0.5, 0.6) is 0 Å². The number of hydrogen-bond donors (Lipinski definition) is 0. The van der Waals surface area contributed by atoms with E-state index in [9.17, 15) is 4.79 Å². The number of hydrogen-bond acceptors (Lipinski definition) is 4. The maximum absolute atomic E-state index is 11.4. The molecule has 1 amide bonds. The lowest BCUT2D eigenvalue weighted by atomic mass is 10.3. The first-order valence-corrected chi connectivity index (χ1v) is 4.69. The summed E-state index contributed by atoms with van der Waals surface area (Å²) in [5.41, 5.74) is 0. The lowest BCUT2D eigenvalue weighted by molar-refractivity contribution is -0.141. The molecule has 0 spiro atoms. The van der Waals surface area contributed by atoms with E-state index < -0.39 is 0 Å². The van der Waals surface area contributed by atoms with Crippen LogP contribution in [0.4, 0.5) is 0 Å². The first-order chi connectivity index (χ1) is 6.67. The number of piperazine rings is 1. The number of likely N-dealkylation sites (N-methyl/N-ethyl adjacent to an activating group) is 1. The lowest BCUT2D eigenvalue weighted by Gasteiger charge is -2.33. The van der Waals surface area contributed by atoms with E-state index in [4.69, 9.17) is 9.47 Å². The highest BCUT2D eigenvalue weighted by Gasteiger charge is 2.22. The Morgan fingerprint density at radius 1 is 1.36 bits per heavy atom. The largest absolute Gasteiger partial charge is 0.355 e. The fourth-order valence-corrected chi connectivity index (χ4v) is 1.42.